The summed E-state index contributed by atoms with van der Waals surface area (Å²) in [6, 6.07) is 12.2. The van der Waals surface area contributed by atoms with E-state index in [4.69, 9.17) is 4.98 Å². The molecule has 0 saturated carbocycles. The average Bonchev–Trinajstić information content (AvgIpc) is 3.15. The van der Waals surface area contributed by atoms with Crippen molar-refractivity contribution in [2.24, 2.45) is 0 Å². The zero-order valence-electron chi connectivity index (χ0n) is 14.4. The summed E-state index contributed by atoms with van der Waals surface area (Å²) in [5, 5.41) is 12.5. The fraction of sp³-hybridized carbons (Fsp3) is 0.278. The SMILES string of the molecule is C[C@H]1CN(c2cnc3ccccc3n2)CCN1c1ccc2nncn2n1. The molecule has 0 amide bonds. The van der Waals surface area contributed by atoms with Crippen molar-refractivity contribution in [3.8, 4) is 0 Å². The van der Waals surface area contributed by atoms with Crippen molar-refractivity contribution in [1.29, 1.82) is 0 Å². The Morgan fingerprint density at radius 1 is 1.00 bits per heavy atom. The summed E-state index contributed by atoms with van der Waals surface area (Å²) in [6.07, 6.45) is 3.50. The van der Waals surface area contributed by atoms with Crippen molar-refractivity contribution in [3.63, 3.8) is 0 Å². The van der Waals surface area contributed by atoms with Crippen LogP contribution < -0.4 is 9.80 Å². The molecule has 0 aliphatic carbocycles. The van der Waals surface area contributed by atoms with Gasteiger partial charge in [-0.05, 0) is 31.2 Å². The first-order chi connectivity index (χ1) is 12.8. The second kappa shape index (κ2) is 5.91. The van der Waals surface area contributed by atoms with Gasteiger partial charge < -0.3 is 9.80 Å². The van der Waals surface area contributed by atoms with Gasteiger partial charge in [0.2, 0.25) is 0 Å². The molecule has 26 heavy (non-hydrogen) atoms. The predicted octanol–water partition coefficient (Wildman–Crippen LogP) is 1.78. The van der Waals surface area contributed by atoms with Crippen molar-refractivity contribution in [2.45, 2.75) is 13.0 Å². The smallest absolute Gasteiger partial charge is 0.177 e. The largest absolute Gasteiger partial charge is 0.351 e. The predicted molar refractivity (Wildman–Crippen MR) is 99.3 cm³/mol. The number of anilines is 2. The standard InChI is InChI=1S/C18H18N8/c1-13-11-24(18-10-19-14-4-2-3-5-15(14)21-18)8-9-25(13)17-7-6-16-22-20-12-26(16)23-17/h2-7,10,12-13H,8-9,11H2,1H3/t13-/m0/s1. The van der Waals surface area contributed by atoms with Gasteiger partial charge in [0.05, 0.1) is 17.2 Å². The number of hydrogen-bond acceptors (Lipinski definition) is 7. The van der Waals surface area contributed by atoms with Crippen LogP contribution in [-0.2, 0) is 0 Å². The Morgan fingerprint density at radius 3 is 2.77 bits per heavy atom. The second-order valence-corrected chi connectivity index (χ2v) is 6.53. The minimum absolute atomic E-state index is 0.304. The van der Waals surface area contributed by atoms with Crippen molar-refractivity contribution in [1.82, 2.24) is 29.8 Å². The molecular formula is C18H18N8. The van der Waals surface area contributed by atoms with E-state index in [1.165, 1.54) is 0 Å². The lowest BCUT2D eigenvalue weighted by molar-refractivity contribution is 0.539. The van der Waals surface area contributed by atoms with E-state index in [2.05, 4.69) is 37.0 Å². The monoisotopic (exact) mass is 346 g/mol. The Labute approximate surface area is 150 Å². The van der Waals surface area contributed by atoms with Crippen molar-refractivity contribution in [3.05, 3.63) is 48.9 Å². The van der Waals surface area contributed by atoms with Crippen LogP contribution in [0.3, 0.4) is 0 Å². The Hall–Kier alpha value is -3.29. The Balaban J connectivity index is 1.38. The van der Waals surface area contributed by atoms with Gasteiger partial charge in [0.25, 0.3) is 0 Å². The van der Waals surface area contributed by atoms with Gasteiger partial charge >= 0.3 is 0 Å². The van der Waals surface area contributed by atoms with E-state index in [0.29, 0.717) is 6.04 Å². The summed E-state index contributed by atoms with van der Waals surface area (Å²) in [5.74, 6) is 1.87. The molecule has 4 aromatic rings. The molecule has 0 N–H and O–H groups in total. The molecule has 1 atom stereocenters. The van der Waals surface area contributed by atoms with Crippen LogP contribution >= 0.6 is 0 Å². The quantitative estimate of drug-likeness (QED) is 0.548. The molecular weight excluding hydrogens is 328 g/mol. The van der Waals surface area contributed by atoms with Crippen molar-refractivity contribution >= 4 is 28.3 Å². The number of hydrogen-bond donors (Lipinski definition) is 0. The maximum absolute atomic E-state index is 4.77. The molecule has 1 aliphatic rings. The summed E-state index contributed by atoms with van der Waals surface area (Å²) in [4.78, 5) is 13.9. The van der Waals surface area contributed by atoms with E-state index in [1.807, 2.05) is 42.6 Å². The van der Waals surface area contributed by atoms with E-state index in [1.54, 1.807) is 10.8 Å². The number of nitrogens with zero attached hydrogens (tertiary/aromatic N) is 8. The first-order valence-electron chi connectivity index (χ1n) is 8.68. The highest BCUT2D eigenvalue weighted by Crippen LogP contribution is 2.22. The first-order valence-corrected chi connectivity index (χ1v) is 8.68. The summed E-state index contributed by atoms with van der Waals surface area (Å²) in [7, 11) is 0. The maximum Gasteiger partial charge on any atom is 0.177 e. The second-order valence-electron chi connectivity index (χ2n) is 6.53. The van der Waals surface area contributed by atoms with Crippen LogP contribution in [0.4, 0.5) is 11.6 Å². The molecule has 3 aromatic heterocycles. The number of fused-ring (bicyclic) bond motifs is 2. The molecule has 130 valence electrons. The summed E-state index contributed by atoms with van der Waals surface area (Å²) < 4.78 is 1.71. The van der Waals surface area contributed by atoms with Crippen LogP contribution in [0.2, 0.25) is 0 Å². The molecule has 8 heteroatoms. The van der Waals surface area contributed by atoms with Gasteiger partial charge in [-0.3, -0.25) is 4.98 Å². The minimum atomic E-state index is 0.304. The highest BCUT2D eigenvalue weighted by atomic mass is 15.4. The Morgan fingerprint density at radius 2 is 1.88 bits per heavy atom. The van der Waals surface area contributed by atoms with Gasteiger partial charge in [0.1, 0.15) is 18.0 Å². The number of rotatable bonds is 2. The highest BCUT2D eigenvalue weighted by molar-refractivity contribution is 5.75. The van der Waals surface area contributed by atoms with E-state index < -0.39 is 0 Å². The van der Waals surface area contributed by atoms with Gasteiger partial charge in [-0.25, -0.2) is 4.98 Å². The lowest BCUT2D eigenvalue weighted by Crippen LogP contribution is -2.52. The number of aromatic nitrogens is 6. The van der Waals surface area contributed by atoms with Gasteiger partial charge in [-0.15, -0.1) is 15.3 Å². The summed E-state index contributed by atoms with van der Waals surface area (Å²) in [6.45, 7) is 4.82. The zero-order valence-corrected chi connectivity index (χ0v) is 14.4. The zero-order chi connectivity index (χ0) is 17.5. The van der Waals surface area contributed by atoms with E-state index in [0.717, 1.165) is 48.0 Å². The molecule has 1 aliphatic heterocycles. The molecule has 0 unspecified atom stereocenters. The fourth-order valence-corrected chi connectivity index (χ4v) is 3.48. The van der Waals surface area contributed by atoms with Crippen LogP contribution in [0.5, 0.6) is 0 Å². The topological polar surface area (TPSA) is 75.3 Å². The van der Waals surface area contributed by atoms with Crippen LogP contribution in [0.1, 0.15) is 6.92 Å². The molecule has 1 saturated heterocycles. The first kappa shape index (κ1) is 15.0. The third-order valence-electron chi connectivity index (χ3n) is 4.83. The van der Waals surface area contributed by atoms with Crippen LogP contribution in [-0.4, -0.2) is 55.5 Å². The number of para-hydroxylation sites is 2. The number of benzene rings is 1. The van der Waals surface area contributed by atoms with Crippen molar-refractivity contribution in [2.75, 3.05) is 29.4 Å². The molecule has 0 bridgehead atoms. The molecule has 0 radical (unpaired) electrons. The lowest BCUT2D eigenvalue weighted by Gasteiger charge is -2.40. The lowest BCUT2D eigenvalue weighted by atomic mass is 10.2. The average molecular weight is 346 g/mol. The molecule has 0 spiro atoms. The van der Waals surface area contributed by atoms with Crippen LogP contribution in [0.15, 0.2) is 48.9 Å². The van der Waals surface area contributed by atoms with Crippen LogP contribution in [0, 0.1) is 0 Å². The van der Waals surface area contributed by atoms with Gasteiger partial charge in [-0.2, -0.15) is 4.52 Å². The normalized spacial score (nSPS) is 18.0. The molecule has 1 aromatic carbocycles. The van der Waals surface area contributed by atoms with E-state index in [9.17, 15) is 0 Å². The number of piperazine rings is 1. The molecule has 4 heterocycles. The molecule has 5 rings (SSSR count). The minimum Gasteiger partial charge on any atom is -0.351 e. The van der Waals surface area contributed by atoms with E-state index >= 15 is 0 Å². The van der Waals surface area contributed by atoms with Gasteiger partial charge in [0.15, 0.2) is 5.65 Å². The highest BCUT2D eigenvalue weighted by Gasteiger charge is 2.26. The summed E-state index contributed by atoms with van der Waals surface area (Å²) in [5.41, 5.74) is 2.61. The third-order valence-corrected chi connectivity index (χ3v) is 4.83. The van der Waals surface area contributed by atoms with E-state index in [-0.39, 0.29) is 0 Å². The van der Waals surface area contributed by atoms with Gasteiger partial charge in [-0.1, -0.05) is 12.1 Å². The third kappa shape index (κ3) is 2.50. The van der Waals surface area contributed by atoms with Crippen LogP contribution in [0.25, 0.3) is 16.7 Å². The van der Waals surface area contributed by atoms with Crippen molar-refractivity contribution < 1.29 is 0 Å². The Bertz CT molecular complexity index is 1070. The fourth-order valence-electron chi connectivity index (χ4n) is 3.48. The Kier molecular flexibility index (Phi) is 3.41. The van der Waals surface area contributed by atoms with Gasteiger partial charge in [0, 0.05) is 25.7 Å². The maximum atomic E-state index is 4.77. The summed E-state index contributed by atoms with van der Waals surface area (Å²) >= 11 is 0. The molecule has 1 fully saturated rings. The molecule has 8 nitrogen and oxygen atoms in total.